The molecule has 0 unspecified atom stereocenters. The summed E-state index contributed by atoms with van der Waals surface area (Å²) in [5.41, 5.74) is 1.81. The standard InChI is InChI=1S/C25H27BrN4O5S/c1-3-34-19(31)15-35-21-20(26)22(36-23(21)24(32)33-2)16-6-4-7-18(14-16)30(17-8-12-27-13-9-17)25-28-10-5-11-29-25/h4-7,10-11,14,17,27H,3,8-9,12-13,15H2,1-2H3. The van der Waals surface area contributed by atoms with E-state index in [1.165, 1.54) is 18.4 Å². The number of anilines is 2. The summed E-state index contributed by atoms with van der Waals surface area (Å²) in [7, 11) is 1.31. The molecule has 11 heteroatoms. The molecule has 190 valence electrons. The highest BCUT2D eigenvalue weighted by molar-refractivity contribution is 9.10. The van der Waals surface area contributed by atoms with Gasteiger partial charge >= 0.3 is 11.9 Å². The number of benzene rings is 1. The van der Waals surface area contributed by atoms with Gasteiger partial charge in [0, 0.05) is 24.1 Å². The lowest BCUT2D eigenvalue weighted by Gasteiger charge is -2.34. The maximum atomic E-state index is 12.5. The largest absolute Gasteiger partial charge is 0.479 e. The topological polar surface area (TPSA) is 103 Å². The van der Waals surface area contributed by atoms with Crippen molar-refractivity contribution in [3.05, 3.63) is 52.1 Å². The number of halogens is 1. The molecule has 9 nitrogen and oxygen atoms in total. The van der Waals surface area contributed by atoms with E-state index in [4.69, 9.17) is 14.2 Å². The third-order valence-corrected chi connectivity index (χ3v) is 7.87. The number of thiophene rings is 1. The highest BCUT2D eigenvalue weighted by Gasteiger charge is 2.28. The summed E-state index contributed by atoms with van der Waals surface area (Å²) in [5.74, 6) is -0.172. The lowest BCUT2D eigenvalue weighted by atomic mass is 10.0. The van der Waals surface area contributed by atoms with Gasteiger partial charge in [-0.05, 0) is 72.5 Å². The summed E-state index contributed by atoms with van der Waals surface area (Å²) in [6.45, 7) is 3.49. The van der Waals surface area contributed by atoms with Crippen molar-refractivity contribution in [2.24, 2.45) is 0 Å². The molecule has 0 radical (unpaired) electrons. The van der Waals surface area contributed by atoms with Crippen molar-refractivity contribution in [3.63, 3.8) is 0 Å². The predicted octanol–water partition coefficient (Wildman–Crippen LogP) is 4.59. The van der Waals surface area contributed by atoms with Gasteiger partial charge in [0.1, 0.15) is 0 Å². The van der Waals surface area contributed by atoms with Crippen molar-refractivity contribution in [2.75, 3.05) is 38.3 Å². The van der Waals surface area contributed by atoms with E-state index in [2.05, 4.69) is 36.1 Å². The number of esters is 2. The van der Waals surface area contributed by atoms with Gasteiger partial charge in [-0.15, -0.1) is 11.3 Å². The smallest absolute Gasteiger partial charge is 0.351 e. The zero-order valence-electron chi connectivity index (χ0n) is 20.0. The van der Waals surface area contributed by atoms with E-state index in [0.717, 1.165) is 42.1 Å². The Kier molecular flexibility index (Phi) is 8.89. The van der Waals surface area contributed by atoms with Crippen LogP contribution in [0.2, 0.25) is 0 Å². The Morgan fingerprint density at radius 3 is 2.64 bits per heavy atom. The van der Waals surface area contributed by atoms with Gasteiger partial charge in [-0.25, -0.2) is 19.6 Å². The average molecular weight is 575 g/mol. The zero-order chi connectivity index (χ0) is 25.5. The van der Waals surface area contributed by atoms with Crippen LogP contribution in [0.15, 0.2) is 47.2 Å². The second-order valence-electron chi connectivity index (χ2n) is 7.94. The molecule has 36 heavy (non-hydrogen) atoms. The van der Waals surface area contributed by atoms with Gasteiger partial charge in [-0.2, -0.15) is 0 Å². The monoisotopic (exact) mass is 574 g/mol. The van der Waals surface area contributed by atoms with Gasteiger partial charge in [-0.1, -0.05) is 12.1 Å². The van der Waals surface area contributed by atoms with Crippen LogP contribution < -0.4 is 15.0 Å². The molecule has 1 fully saturated rings. The first-order chi connectivity index (χ1) is 17.5. The van der Waals surface area contributed by atoms with Gasteiger partial charge in [0.25, 0.3) is 0 Å². The van der Waals surface area contributed by atoms with Gasteiger partial charge in [-0.3, -0.25) is 0 Å². The van der Waals surface area contributed by atoms with Crippen molar-refractivity contribution in [3.8, 4) is 16.2 Å². The van der Waals surface area contributed by atoms with Gasteiger partial charge in [0.2, 0.25) is 5.95 Å². The molecule has 3 aromatic rings. The Bertz CT molecular complexity index is 1200. The van der Waals surface area contributed by atoms with Crippen LogP contribution in [-0.2, 0) is 14.3 Å². The van der Waals surface area contributed by atoms with E-state index in [1.54, 1.807) is 25.4 Å². The second kappa shape index (κ2) is 12.3. The van der Waals surface area contributed by atoms with Crippen LogP contribution in [0.25, 0.3) is 10.4 Å². The van der Waals surface area contributed by atoms with E-state index in [1.807, 2.05) is 24.3 Å². The summed E-state index contributed by atoms with van der Waals surface area (Å²) in [6, 6.07) is 10.0. The predicted molar refractivity (Wildman–Crippen MR) is 141 cm³/mol. The molecule has 0 saturated carbocycles. The third kappa shape index (κ3) is 5.85. The van der Waals surface area contributed by atoms with Gasteiger partial charge in [0.05, 0.1) is 23.1 Å². The maximum Gasteiger partial charge on any atom is 0.351 e. The van der Waals surface area contributed by atoms with Crippen LogP contribution >= 0.6 is 27.3 Å². The SMILES string of the molecule is CCOC(=O)COc1c(C(=O)OC)sc(-c2cccc(N(c3ncccn3)C3CCNCC3)c2)c1Br. The number of methoxy groups -OCH3 is 1. The first kappa shape index (κ1) is 26.1. The van der Waals surface area contributed by atoms with Crippen LogP contribution in [0.4, 0.5) is 11.6 Å². The number of piperidine rings is 1. The molecule has 1 N–H and O–H groups in total. The van der Waals surface area contributed by atoms with Crippen LogP contribution in [0, 0.1) is 0 Å². The fraction of sp³-hybridized carbons (Fsp3) is 0.360. The number of carbonyl (C=O) groups is 2. The number of hydrogen-bond donors (Lipinski definition) is 1. The summed E-state index contributed by atoms with van der Waals surface area (Å²) in [4.78, 5) is 36.6. The van der Waals surface area contributed by atoms with E-state index >= 15 is 0 Å². The van der Waals surface area contributed by atoms with Crippen LogP contribution in [-0.4, -0.2) is 61.4 Å². The number of carbonyl (C=O) groups excluding carboxylic acids is 2. The molecule has 4 rings (SSSR count). The lowest BCUT2D eigenvalue weighted by Crippen LogP contribution is -2.41. The number of nitrogens with one attached hydrogen (secondary N) is 1. The molecule has 3 heterocycles. The Balaban J connectivity index is 1.72. The summed E-state index contributed by atoms with van der Waals surface area (Å²) < 4.78 is 16.2. The Morgan fingerprint density at radius 1 is 1.19 bits per heavy atom. The van der Waals surface area contributed by atoms with Crippen molar-refractivity contribution >= 4 is 50.8 Å². The van der Waals surface area contributed by atoms with Crippen molar-refractivity contribution in [2.45, 2.75) is 25.8 Å². The Morgan fingerprint density at radius 2 is 1.94 bits per heavy atom. The first-order valence-corrected chi connectivity index (χ1v) is 13.2. The normalized spacial score (nSPS) is 13.8. The molecule has 0 atom stereocenters. The Labute approximate surface area is 221 Å². The van der Waals surface area contributed by atoms with Crippen LogP contribution in [0.5, 0.6) is 5.75 Å². The quantitative estimate of drug-likeness (QED) is 0.367. The highest BCUT2D eigenvalue weighted by atomic mass is 79.9. The molecular weight excluding hydrogens is 548 g/mol. The molecule has 0 amide bonds. The fourth-order valence-corrected chi connectivity index (χ4v) is 6.01. The lowest BCUT2D eigenvalue weighted by molar-refractivity contribution is -0.145. The summed E-state index contributed by atoms with van der Waals surface area (Å²) in [6.07, 6.45) is 5.41. The van der Waals surface area contributed by atoms with E-state index in [9.17, 15) is 9.59 Å². The molecule has 1 saturated heterocycles. The number of ether oxygens (including phenoxy) is 3. The number of nitrogens with zero attached hydrogens (tertiary/aromatic N) is 3. The van der Waals surface area contributed by atoms with E-state index in [0.29, 0.717) is 10.4 Å². The van der Waals surface area contributed by atoms with E-state index < -0.39 is 11.9 Å². The molecule has 0 spiro atoms. The van der Waals surface area contributed by atoms with Crippen molar-refractivity contribution in [1.29, 1.82) is 0 Å². The third-order valence-electron chi connectivity index (χ3n) is 5.65. The van der Waals surface area contributed by atoms with Crippen molar-refractivity contribution < 1.29 is 23.8 Å². The minimum absolute atomic E-state index is 0.241. The zero-order valence-corrected chi connectivity index (χ0v) is 22.4. The maximum absolute atomic E-state index is 12.5. The summed E-state index contributed by atoms with van der Waals surface area (Å²) in [5, 5.41) is 3.41. The number of rotatable bonds is 9. The molecule has 1 aliphatic heterocycles. The molecular formula is C25H27BrN4O5S. The fourth-order valence-electron chi connectivity index (χ4n) is 4.04. The highest BCUT2D eigenvalue weighted by Crippen LogP contribution is 2.46. The minimum Gasteiger partial charge on any atom is -0.479 e. The second-order valence-corrected chi connectivity index (χ2v) is 9.75. The molecule has 0 aliphatic carbocycles. The van der Waals surface area contributed by atoms with Crippen LogP contribution in [0.3, 0.4) is 0 Å². The minimum atomic E-state index is -0.545. The van der Waals surface area contributed by atoms with Gasteiger partial charge in [0.15, 0.2) is 17.2 Å². The molecule has 2 aromatic heterocycles. The van der Waals surface area contributed by atoms with Crippen molar-refractivity contribution in [1.82, 2.24) is 15.3 Å². The molecule has 1 aromatic carbocycles. The van der Waals surface area contributed by atoms with Crippen LogP contribution in [0.1, 0.15) is 29.4 Å². The first-order valence-electron chi connectivity index (χ1n) is 11.6. The molecule has 1 aliphatic rings. The number of hydrogen-bond acceptors (Lipinski definition) is 10. The van der Waals surface area contributed by atoms with Gasteiger partial charge < -0.3 is 24.4 Å². The Hall–Kier alpha value is -3.02. The number of aromatic nitrogens is 2. The molecule has 0 bridgehead atoms. The van der Waals surface area contributed by atoms with E-state index in [-0.39, 0.29) is 29.9 Å². The average Bonchev–Trinajstić information content (AvgIpc) is 3.25. The summed E-state index contributed by atoms with van der Waals surface area (Å²) >= 11 is 4.82.